The van der Waals surface area contributed by atoms with E-state index in [0.717, 1.165) is 5.01 Å². The van der Waals surface area contributed by atoms with Gasteiger partial charge in [-0.05, 0) is 12.8 Å². The molecule has 0 saturated carbocycles. The molecule has 0 bridgehead atoms. The van der Waals surface area contributed by atoms with Gasteiger partial charge in [0.25, 0.3) is 0 Å². The van der Waals surface area contributed by atoms with Crippen molar-refractivity contribution in [2.24, 2.45) is 11.3 Å². The van der Waals surface area contributed by atoms with Gasteiger partial charge in [0.1, 0.15) is 10.7 Å². The number of ether oxygens (including phenoxy) is 1. The van der Waals surface area contributed by atoms with Gasteiger partial charge < -0.3 is 15.0 Å². The number of amides is 2. The van der Waals surface area contributed by atoms with Gasteiger partial charge in [0.2, 0.25) is 0 Å². The standard InChI is InChI=1S/C15H19N5O3S/c1-9-7-20(8-15(9,2)13(21)23-3)14(22)18-10-6-17-19-11(10)12-16-4-5-24-12/h4-6,9H,7-8H2,1-3H3,(H,17,19)(H,18,22)/t9-,15-/m1/s1. The minimum absolute atomic E-state index is 0.0125. The normalized spacial score (nSPS) is 23.3. The van der Waals surface area contributed by atoms with Gasteiger partial charge in [-0.1, -0.05) is 6.92 Å². The van der Waals surface area contributed by atoms with E-state index < -0.39 is 5.41 Å². The number of anilines is 1. The highest BCUT2D eigenvalue weighted by Crippen LogP contribution is 2.37. The number of nitrogens with one attached hydrogen (secondary N) is 2. The summed E-state index contributed by atoms with van der Waals surface area (Å²) in [6, 6.07) is -0.270. The fraction of sp³-hybridized carbons (Fsp3) is 0.467. The molecule has 2 N–H and O–H groups in total. The molecule has 8 nitrogen and oxygen atoms in total. The van der Waals surface area contributed by atoms with Crippen LogP contribution >= 0.6 is 11.3 Å². The molecule has 24 heavy (non-hydrogen) atoms. The first-order valence-corrected chi connectivity index (χ1v) is 8.41. The number of carbonyl (C=O) groups is 2. The fourth-order valence-electron chi connectivity index (χ4n) is 2.89. The summed E-state index contributed by atoms with van der Waals surface area (Å²) in [5.41, 5.74) is 0.538. The van der Waals surface area contributed by atoms with E-state index in [4.69, 9.17) is 4.74 Å². The van der Waals surface area contributed by atoms with Crippen LogP contribution in [0.2, 0.25) is 0 Å². The third kappa shape index (κ3) is 2.75. The average Bonchev–Trinajstić information content (AvgIpc) is 3.28. The minimum atomic E-state index is -0.694. The number of H-pyrrole nitrogens is 1. The number of urea groups is 1. The molecule has 2 aromatic heterocycles. The molecule has 0 aromatic carbocycles. The first-order valence-electron chi connectivity index (χ1n) is 7.53. The van der Waals surface area contributed by atoms with Crippen molar-refractivity contribution < 1.29 is 14.3 Å². The van der Waals surface area contributed by atoms with Crippen molar-refractivity contribution >= 4 is 29.0 Å². The van der Waals surface area contributed by atoms with Crippen LogP contribution in [0.3, 0.4) is 0 Å². The van der Waals surface area contributed by atoms with Crippen LogP contribution in [-0.2, 0) is 9.53 Å². The van der Waals surface area contributed by atoms with E-state index in [9.17, 15) is 9.59 Å². The summed E-state index contributed by atoms with van der Waals surface area (Å²) in [5.74, 6) is -0.282. The zero-order valence-electron chi connectivity index (χ0n) is 13.7. The van der Waals surface area contributed by atoms with Crippen LogP contribution in [-0.4, -0.2) is 52.3 Å². The van der Waals surface area contributed by atoms with Gasteiger partial charge in [-0.15, -0.1) is 11.3 Å². The Bertz CT molecular complexity index is 744. The third-order valence-corrected chi connectivity index (χ3v) is 5.36. The zero-order valence-corrected chi connectivity index (χ0v) is 14.5. The number of hydrogen-bond acceptors (Lipinski definition) is 6. The summed E-state index contributed by atoms with van der Waals surface area (Å²) < 4.78 is 4.89. The highest BCUT2D eigenvalue weighted by atomic mass is 32.1. The van der Waals surface area contributed by atoms with Gasteiger partial charge in [-0.25, -0.2) is 9.78 Å². The van der Waals surface area contributed by atoms with Crippen LogP contribution < -0.4 is 5.32 Å². The molecule has 128 valence electrons. The second-order valence-electron chi connectivity index (χ2n) is 6.12. The maximum atomic E-state index is 12.6. The number of nitrogens with zero attached hydrogens (tertiary/aromatic N) is 3. The molecule has 2 atom stereocenters. The molecule has 0 radical (unpaired) electrons. The van der Waals surface area contributed by atoms with E-state index in [1.807, 2.05) is 19.2 Å². The van der Waals surface area contributed by atoms with Crippen LogP contribution in [0.1, 0.15) is 13.8 Å². The molecular formula is C15H19N5O3S. The van der Waals surface area contributed by atoms with Gasteiger partial charge >= 0.3 is 12.0 Å². The van der Waals surface area contributed by atoms with Crippen LogP contribution in [0.15, 0.2) is 17.8 Å². The quantitative estimate of drug-likeness (QED) is 0.828. The highest BCUT2D eigenvalue weighted by molar-refractivity contribution is 7.13. The first-order chi connectivity index (χ1) is 11.5. The van der Waals surface area contributed by atoms with Gasteiger partial charge in [0, 0.05) is 24.7 Å². The topological polar surface area (TPSA) is 100 Å². The lowest BCUT2D eigenvalue weighted by molar-refractivity contribution is -0.152. The van der Waals surface area contributed by atoms with E-state index in [1.54, 1.807) is 17.3 Å². The molecule has 1 fully saturated rings. The van der Waals surface area contributed by atoms with Crippen molar-refractivity contribution in [3.05, 3.63) is 17.8 Å². The molecule has 1 aliphatic heterocycles. The SMILES string of the molecule is COC(=O)[C@]1(C)CN(C(=O)Nc2cn[nH]c2-c2nccs2)C[C@H]1C. The summed E-state index contributed by atoms with van der Waals surface area (Å²) in [4.78, 5) is 30.5. The molecule has 1 aliphatic rings. The lowest BCUT2D eigenvalue weighted by Crippen LogP contribution is -2.38. The Hall–Kier alpha value is -2.42. The number of aromatic nitrogens is 3. The summed E-state index contributed by atoms with van der Waals surface area (Å²) in [5, 5.41) is 12.3. The van der Waals surface area contributed by atoms with E-state index >= 15 is 0 Å². The summed E-state index contributed by atoms with van der Waals surface area (Å²) >= 11 is 1.45. The lowest BCUT2D eigenvalue weighted by atomic mass is 9.81. The van der Waals surface area contributed by atoms with Gasteiger partial charge in [-0.2, -0.15) is 5.10 Å². The molecule has 2 aromatic rings. The predicted octanol–water partition coefficient (Wildman–Crippen LogP) is 2.20. The van der Waals surface area contributed by atoms with Gasteiger partial charge in [-0.3, -0.25) is 9.89 Å². The molecule has 0 spiro atoms. The Kier molecular flexibility index (Phi) is 4.27. The van der Waals surface area contributed by atoms with Crippen molar-refractivity contribution in [1.82, 2.24) is 20.1 Å². The summed E-state index contributed by atoms with van der Waals surface area (Å²) in [6.07, 6.45) is 3.24. The van der Waals surface area contributed by atoms with Crippen LogP contribution in [0, 0.1) is 11.3 Å². The number of hydrogen-bond donors (Lipinski definition) is 2. The van der Waals surface area contributed by atoms with E-state index in [0.29, 0.717) is 24.5 Å². The second-order valence-corrected chi connectivity index (χ2v) is 7.01. The van der Waals surface area contributed by atoms with Crippen molar-refractivity contribution in [2.75, 3.05) is 25.5 Å². The average molecular weight is 349 g/mol. The molecule has 9 heteroatoms. The summed E-state index contributed by atoms with van der Waals surface area (Å²) in [7, 11) is 1.37. The minimum Gasteiger partial charge on any atom is -0.469 e. The highest BCUT2D eigenvalue weighted by Gasteiger charge is 2.48. The number of rotatable bonds is 3. The Balaban J connectivity index is 1.73. The van der Waals surface area contributed by atoms with E-state index in [-0.39, 0.29) is 17.9 Å². The van der Waals surface area contributed by atoms with E-state index in [1.165, 1.54) is 18.4 Å². The van der Waals surface area contributed by atoms with Crippen molar-refractivity contribution in [2.45, 2.75) is 13.8 Å². The number of thiazole rings is 1. The number of aromatic amines is 1. The zero-order chi connectivity index (χ0) is 17.3. The number of esters is 1. The largest absolute Gasteiger partial charge is 0.469 e. The maximum Gasteiger partial charge on any atom is 0.321 e. The van der Waals surface area contributed by atoms with E-state index in [2.05, 4.69) is 20.5 Å². The Morgan fingerprint density at radius 2 is 2.33 bits per heavy atom. The van der Waals surface area contributed by atoms with Crippen molar-refractivity contribution in [3.63, 3.8) is 0 Å². The Labute approximate surface area is 143 Å². The van der Waals surface area contributed by atoms with Crippen LogP contribution in [0.5, 0.6) is 0 Å². The number of likely N-dealkylation sites (tertiary alicyclic amines) is 1. The molecule has 1 saturated heterocycles. The van der Waals surface area contributed by atoms with Gasteiger partial charge in [0.05, 0.1) is 24.4 Å². The summed E-state index contributed by atoms with van der Waals surface area (Å²) in [6.45, 7) is 4.58. The van der Waals surface area contributed by atoms with Crippen LogP contribution in [0.25, 0.3) is 10.7 Å². The van der Waals surface area contributed by atoms with Crippen molar-refractivity contribution in [3.8, 4) is 10.7 Å². The molecular weight excluding hydrogens is 330 g/mol. The monoisotopic (exact) mass is 349 g/mol. The number of carbonyl (C=O) groups excluding carboxylic acids is 2. The molecule has 0 unspecified atom stereocenters. The predicted molar refractivity (Wildman–Crippen MR) is 89.6 cm³/mol. The Morgan fingerprint density at radius 1 is 1.54 bits per heavy atom. The molecule has 0 aliphatic carbocycles. The maximum absolute atomic E-state index is 12.6. The van der Waals surface area contributed by atoms with Crippen molar-refractivity contribution in [1.29, 1.82) is 0 Å². The first kappa shape index (κ1) is 16.4. The smallest absolute Gasteiger partial charge is 0.321 e. The fourth-order valence-corrected chi connectivity index (χ4v) is 3.53. The molecule has 3 heterocycles. The molecule has 2 amide bonds. The van der Waals surface area contributed by atoms with Crippen LogP contribution in [0.4, 0.5) is 10.5 Å². The second kappa shape index (κ2) is 6.23. The molecule has 3 rings (SSSR count). The number of methoxy groups -OCH3 is 1. The Morgan fingerprint density at radius 3 is 3.00 bits per heavy atom. The third-order valence-electron chi connectivity index (χ3n) is 4.57. The van der Waals surface area contributed by atoms with Gasteiger partial charge in [0.15, 0.2) is 0 Å². The lowest BCUT2D eigenvalue weighted by Gasteiger charge is -2.24.